The van der Waals surface area contributed by atoms with Gasteiger partial charge in [-0.3, -0.25) is 0 Å². The fourth-order valence-electron chi connectivity index (χ4n) is 2.01. The molecule has 0 radical (unpaired) electrons. The summed E-state index contributed by atoms with van der Waals surface area (Å²) in [5.41, 5.74) is 6.36. The molecular weight excluding hydrogens is 356 g/mol. The lowest BCUT2D eigenvalue weighted by atomic mass is 10.2. The molecule has 1 unspecified atom stereocenters. The monoisotopic (exact) mass is 370 g/mol. The van der Waals surface area contributed by atoms with E-state index in [2.05, 4.69) is 4.98 Å². The standard InChI is InChI=1S/C13H14N4O5S2/c1-8-3-5-10(6-4-8)24(20,21)22-9(2)16-11(17(18)19)7-15-13(16)12(14)23/h3-7,9H,1-2H3,(H2,14,23). The average molecular weight is 370 g/mol. The van der Waals surface area contributed by atoms with Gasteiger partial charge >= 0.3 is 15.9 Å². The lowest BCUT2D eigenvalue weighted by Crippen LogP contribution is -2.23. The van der Waals surface area contributed by atoms with Crippen molar-refractivity contribution >= 4 is 33.1 Å². The summed E-state index contributed by atoms with van der Waals surface area (Å²) in [6.45, 7) is 3.13. The topological polar surface area (TPSA) is 130 Å². The van der Waals surface area contributed by atoms with Gasteiger partial charge in [0.15, 0.2) is 4.99 Å². The zero-order valence-electron chi connectivity index (χ0n) is 12.7. The van der Waals surface area contributed by atoms with Gasteiger partial charge in [-0.25, -0.2) is 9.17 Å². The molecule has 0 saturated heterocycles. The van der Waals surface area contributed by atoms with Crippen molar-refractivity contribution in [2.45, 2.75) is 25.0 Å². The summed E-state index contributed by atoms with van der Waals surface area (Å²) in [5.74, 6) is -0.590. The highest BCUT2D eigenvalue weighted by Gasteiger charge is 2.31. The van der Waals surface area contributed by atoms with E-state index in [1.807, 2.05) is 6.92 Å². The lowest BCUT2D eigenvalue weighted by Gasteiger charge is -2.13. The van der Waals surface area contributed by atoms with Crippen molar-refractivity contribution < 1.29 is 17.5 Å². The third-order valence-electron chi connectivity index (χ3n) is 3.12. The van der Waals surface area contributed by atoms with Crippen LogP contribution in [0.1, 0.15) is 24.5 Å². The number of hydrogen-bond donors (Lipinski definition) is 1. The molecule has 1 heterocycles. The third-order valence-corrected chi connectivity index (χ3v) is 4.69. The predicted octanol–water partition coefficient (Wildman–Crippen LogP) is 1.66. The van der Waals surface area contributed by atoms with Crippen LogP contribution in [0.25, 0.3) is 0 Å². The number of nitro groups is 1. The molecule has 2 aromatic rings. The first-order valence-electron chi connectivity index (χ1n) is 6.65. The van der Waals surface area contributed by atoms with Crippen molar-refractivity contribution in [3.05, 3.63) is 52.0 Å². The molecule has 0 aliphatic rings. The summed E-state index contributed by atoms with van der Waals surface area (Å²) in [4.78, 5) is 13.8. The molecule has 1 atom stereocenters. The number of nitrogens with two attached hydrogens (primary N) is 1. The molecule has 0 spiro atoms. The average Bonchev–Trinajstić information content (AvgIpc) is 2.92. The van der Waals surface area contributed by atoms with Crippen LogP contribution in [-0.4, -0.2) is 27.9 Å². The molecule has 128 valence electrons. The van der Waals surface area contributed by atoms with Gasteiger partial charge in [-0.05, 0) is 24.0 Å². The summed E-state index contributed by atoms with van der Waals surface area (Å²) < 4.78 is 30.6. The van der Waals surface area contributed by atoms with Gasteiger partial charge in [-0.15, -0.1) is 0 Å². The van der Waals surface area contributed by atoms with E-state index in [1.54, 1.807) is 12.1 Å². The van der Waals surface area contributed by atoms with E-state index in [0.29, 0.717) is 0 Å². The van der Waals surface area contributed by atoms with Crippen LogP contribution in [0.3, 0.4) is 0 Å². The SMILES string of the molecule is Cc1ccc(S(=O)(=O)OC(C)n2c([N+](=O)[O-])cnc2C(N)=S)cc1. The second-order valence-corrected chi connectivity index (χ2v) is 6.91. The number of aryl methyl sites for hydroxylation is 1. The molecular formula is C13H14N4O5S2. The summed E-state index contributed by atoms with van der Waals surface area (Å²) in [6.07, 6.45) is -0.331. The van der Waals surface area contributed by atoms with Crippen molar-refractivity contribution in [1.82, 2.24) is 9.55 Å². The highest BCUT2D eigenvalue weighted by molar-refractivity contribution is 7.86. The number of aromatic nitrogens is 2. The van der Waals surface area contributed by atoms with Crippen LogP contribution in [-0.2, 0) is 14.3 Å². The minimum atomic E-state index is -4.14. The Morgan fingerprint density at radius 3 is 2.50 bits per heavy atom. The van der Waals surface area contributed by atoms with Crippen LogP contribution in [0.2, 0.25) is 0 Å². The van der Waals surface area contributed by atoms with E-state index in [0.717, 1.165) is 16.3 Å². The normalized spacial score (nSPS) is 12.8. The molecule has 0 aliphatic carbocycles. The number of thiocarbonyl (C=S) groups is 1. The number of nitrogens with zero attached hydrogens (tertiary/aromatic N) is 3. The zero-order chi connectivity index (χ0) is 18.1. The van der Waals surface area contributed by atoms with Gasteiger partial charge < -0.3 is 15.8 Å². The Morgan fingerprint density at radius 2 is 2.00 bits per heavy atom. The molecule has 11 heteroatoms. The largest absolute Gasteiger partial charge is 0.385 e. The van der Waals surface area contributed by atoms with Crippen molar-refractivity contribution in [3.63, 3.8) is 0 Å². The quantitative estimate of drug-likeness (QED) is 0.351. The number of benzene rings is 1. The van der Waals surface area contributed by atoms with E-state index in [-0.39, 0.29) is 15.7 Å². The van der Waals surface area contributed by atoms with Crippen molar-refractivity contribution in [1.29, 1.82) is 0 Å². The minimum Gasteiger partial charge on any atom is -0.385 e. The van der Waals surface area contributed by atoms with Gasteiger partial charge in [-0.1, -0.05) is 29.9 Å². The van der Waals surface area contributed by atoms with Crippen molar-refractivity contribution in [2.24, 2.45) is 5.73 Å². The molecule has 2 N–H and O–H groups in total. The Bertz CT molecular complexity index is 858. The van der Waals surface area contributed by atoms with Gasteiger partial charge in [0, 0.05) is 6.92 Å². The summed E-state index contributed by atoms with van der Waals surface area (Å²) >= 11 is 4.78. The van der Waals surface area contributed by atoms with Gasteiger partial charge in [0.25, 0.3) is 5.82 Å². The summed E-state index contributed by atoms with van der Waals surface area (Å²) in [5, 5.41) is 11.1. The number of imidazole rings is 1. The van der Waals surface area contributed by atoms with E-state index < -0.39 is 27.1 Å². The zero-order valence-corrected chi connectivity index (χ0v) is 14.4. The molecule has 0 amide bonds. The van der Waals surface area contributed by atoms with E-state index >= 15 is 0 Å². The van der Waals surface area contributed by atoms with Gasteiger partial charge in [0.05, 0.1) is 4.90 Å². The molecule has 1 aromatic heterocycles. The van der Waals surface area contributed by atoms with E-state index in [9.17, 15) is 18.5 Å². The Balaban J connectivity index is 2.41. The van der Waals surface area contributed by atoms with Crippen LogP contribution < -0.4 is 5.73 Å². The van der Waals surface area contributed by atoms with Gasteiger partial charge in [0.2, 0.25) is 6.23 Å². The summed E-state index contributed by atoms with van der Waals surface area (Å²) in [7, 11) is -4.14. The molecule has 2 rings (SSSR count). The van der Waals surface area contributed by atoms with Crippen LogP contribution in [0.5, 0.6) is 0 Å². The van der Waals surface area contributed by atoms with E-state index in [4.69, 9.17) is 22.1 Å². The molecule has 24 heavy (non-hydrogen) atoms. The van der Waals surface area contributed by atoms with Crippen molar-refractivity contribution in [3.8, 4) is 0 Å². The molecule has 0 bridgehead atoms. The Morgan fingerprint density at radius 1 is 1.42 bits per heavy atom. The maximum absolute atomic E-state index is 12.3. The maximum atomic E-state index is 12.3. The molecule has 0 saturated carbocycles. The first kappa shape index (κ1) is 18.0. The maximum Gasteiger partial charge on any atom is 0.345 e. The first-order chi connectivity index (χ1) is 11.1. The van der Waals surface area contributed by atoms with Crippen LogP contribution >= 0.6 is 12.2 Å². The molecule has 0 aliphatic heterocycles. The van der Waals surface area contributed by atoms with Crippen LogP contribution in [0, 0.1) is 17.0 Å². The van der Waals surface area contributed by atoms with Crippen LogP contribution in [0.15, 0.2) is 35.4 Å². The molecule has 9 nitrogen and oxygen atoms in total. The minimum absolute atomic E-state index is 0.0698. The highest BCUT2D eigenvalue weighted by atomic mass is 32.2. The highest BCUT2D eigenvalue weighted by Crippen LogP contribution is 2.25. The van der Waals surface area contributed by atoms with E-state index in [1.165, 1.54) is 19.1 Å². The Hall–Kier alpha value is -2.37. The predicted molar refractivity (Wildman–Crippen MR) is 88.9 cm³/mol. The second-order valence-electron chi connectivity index (χ2n) is 4.89. The van der Waals surface area contributed by atoms with Gasteiger partial charge in [0.1, 0.15) is 6.20 Å². The number of rotatable bonds is 6. The Kier molecular flexibility index (Phi) is 4.96. The fourth-order valence-corrected chi connectivity index (χ4v) is 3.20. The molecule has 1 aromatic carbocycles. The van der Waals surface area contributed by atoms with Crippen molar-refractivity contribution in [2.75, 3.05) is 0 Å². The summed E-state index contributed by atoms with van der Waals surface area (Å²) in [6, 6.07) is 5.99. The first-order valence-corrected chi connectivity index (χ1v) is 8.46. The fraction of sp³-hybridized carbons (Fsp3) is 0.231. The lowest BCUT2D eigenvalue weighted by molar-refractivity contribution is -0.393. The number of hydrogen-bond acceptors (Lipinski definition) is 7. The van der Waals surface area contributed by atoms with Gasteiger partial charge in [-0.2, -0.15) is 13.0 Å². The third kappa shape index (κ3) is 3.58. The molecule has 0 fully saturated rings. The smallest absolute Gasteiger partial charge is 0.345 e. The Labute approximate surface area is 143 Å². The van der Waals surface area contributed by atoms with Crippen LogP contribution in [0.4, 0.5) is 5.82 Å². The second kappa shape index (κ2) is 6.63.